The van der Waals surface area contributed by atoms with Crippen molar-refractivity contribution in [3.05, 3.63) is 0 Å². The highest BCUT2D eigenvalue weighted by molar-refractivity contribution is 7.92. The third-order valence-electron chi connectivity index (χ3n) is 4.42. The summed E-state index contributed by atoms with van der Waals surface area (Å²) >= 11 is 0. The SMILES string of the molecule is O=C(O)C1CCC(S(=O)(=O)CCN2CCCC2)CC1. The van der Waals surface area contributed by atoms with E-state index in [1.165, 1.54) is 12.8 Å². The molecule has 1 saturated heterocycles. The largest absolute Gasteiger partial charge is 0.481 e. The van der Waals surface area contributed by atoms with E-state index in [1.807, 2.05) is 0 Å². The Balaban J connectivity index is 1.81. The van der Waals surface area contributed by atoms with Crippen LogP contribution in [0.15, 0.2) is 0 Å². The quantitative estimate of drug-likeness (QED) is 0.821. The average molecular weight is 289 g/mol. The van der Waals surface area contributed by atoms with E-state index < -0.39 is 15.8 Å². The summed E-state index contributed by atoms with van der Waals surface area (Å²) in [6, 6.07) is 0. The van der Waals surface area contributed by atoms with Gasteiger partial charge >= 0.3 is 5.97 Å². The zero-order chi connectivity index (χ0) is 13.9. The van der Waals surface area contributed by atoms with Crippen molar-refractivity contribution >= 4 is 15.8 Å². The van der Waals surface area contributed by atoms with Crippen molar-refractivity contribution < 1.29 is 18.3 Å². The number of sulfone groups is 1. The van der Waals surface area contributed by atoms with E-state index in [4.69, 9.17) is 5.11 Å². The fourth-order valence-electron chi connectivity index (χ4n) is 3.10. The highest BCUT2D eigenvalue weighted by Crippen LogP contribution is 2.29. The Bertz CT molecular complexity index is 406. The van der Waals surface area contributed by atoms with Gasteiger partial charge in [-0.25, -0.2) is 8.42 Å². The molecule has 0 atom stereocenters. The lowest BCUT2D eigenvalue weighted by Crippen LogP contribution is -2.35. The highest BCUT2D eigenvalue weighted by Gasteiger charge is 2.33. The van der Waals surface area contributed by atoms with Gasteiger partial charge in [0.25, 0.3) is 0 Å². The summed E-state index contributed by atoms with van der Waals surface area (Å²) in [4.78, 5) is 13.1. The number of aliphatic carboxylic acids is 1. The average Bonchev–Trinajstić information content (AvgIpc) is 2.90. The maximum Gasteiger partial charge on any atom is 0.306 e. The number of nitrogens with zero attached hydrogens (tertiary/aromatic N) is 1. The molecule has 0 aromatic heterocycles. The molecule has 0 unspecified atom stereocenters. The topological polar surface area (TPSA) is 74.7 Å². The van der Waals surface area contributed by atoms with Crippen LogP contribution < -0.4 is 0 Å². The van der Waals surface area contributed by atoms with Gasteiger partial charge in [0.05, 0.1) is 16.9 Å². The summed E-state index contributed by atoms with van der Waals surface area (Å²) in [6.45, 7) is 2.67. The predicted octanol–water partition coefficient (Wildman–Crippen LogP) is 1.14. The maximum absolute atomic E-state index is 12.2. The van der Waals surface area contributed by atoms with Crippen LogP contribution in [0, 0.1) is 5.92 Å². The van der Waals surface area contributed by atoms with Crippen LogP contribution in [0.1, 0.15) is 38.5 Å². The second-order valence-corrected chi connectivity index (χ2v) is 8.13. The van der Waals surface area contributed by atoms with Gasteiger partial charge < -0.3 is 10.0 Å². The van der Waals surface area contributed by atoms with Crippen molar-refractivity contribution in [3.63, 3.8) is 0 Å². The molecule has 0 aromatic rings. The van der Waals surface area contributed by atoms with Crippen LogP contribution in [0.5, 0.6) is 0 Å². The Morgan fingerprint density at radius 3 is 2.21 bits per heavy atom. The molecule has 0 spiro atoms. The molecule has 19 heavy (non-hydrogen) atoms. The third kappa shape index (κ3) is 3.92. The Hall–Kier alpha value is -0.620. The van der Waals surface area contributed by atoms with Crippen molar-refractivity contribution in [1.29, 1.82) is 0 Å². The summed E-state index contributed by atoms with van der Waals surface area (Å²) in [5, 5.41) is 8.60. The Kier molecular flexibility index (Phi) is 4.84. The fourth-order valence-corrected chi connectivity index (χ4v) is 4.93. The maximum atomic E-state index is 12.2. The first kappa shape index (κ1) is 14.8. The number of rotatable bonds is 5. The second kappa shape index (κ2) is 6.22. The number of carboxylic acid groups (broad SMARTS) is 1. The Labute approximate surface area is 114 Å². The molecular weight excluding hydrogens is 266 g/mol. The predicted molar refractivity (Wildman–Crippen MR) is 72.8 cm³/mol. The second-order valence-electron chi connectivity index (χ2n) is 5.73. The molecule has 5 nitrogen and oxygen atoms in total. The van der Waals surface area contributed by atoms with Crippen LogP contribution in [0.2, 0.25) is 0 Å². The minimum Gasteiger partial charge on any atom is -0.481 e. The summed E-state index contributed by atoms with van der Waals surface area (Å²) in [5.41, 5.74) is 0. The van der Waals surface area contributed by atoms with Gasteiger partial charge in [0.15, 0.2) is 9.84 Å². The molecule has 0 aromatic carbocycles. The monoisotopic (exact) mass is 289 g/mol. The Morgan fingerprint density at radius 2 is 1.68 bits per heavy atom. The molecule has 1 aliphatic carbocycles. The number of hydrogen-bond acceptors (Lipinski definition) is 4. The minimum atomic E-state index is -3.05. The molecule has 0 bridgehead atoms. The molecule has 0 radical (unpaired) electrons. The van der Waals surface area contributed by atoms with Gasteiger partial charge in [-0.05, 0) is 51.6 Å². The summed E-state index contributed by atoms with van der Waals surface area (Å²) < 4.78 is 24.5. The van der Waals surface area contributed by atoms with E-state index in [0.29, 0.717) is 32.2 Å². The molecule has 2 fully saturated rings. The zero-order valence-electron chi connectivity index (χ0n) is 11.3. The van der Waals surface area contributed by atoms with Gasteiger partial charge in [0.2, 0.25) is 0 Å². The lowest BCUT2D eigenvalue weighted by atomic mass is 9.89. The van der Waals surface area contributed by atoms with E-state index >= 15 is 0 Å². The highest BCUT2D eigenvalue weighted by atomic mass is 32.2. The lowest BCUT2D eigenvalue weighted by Gasteiger charge is -2.26. The number of likely N-dealkylation sites (tertiary alicyclic amines) is 1. The van der Waals surface area contributed by atoms with Crippen LogP contribution >= 0.6 is 0 Å². The van der Waals surface area contributed by atoms with Gasteiger partial charge in [-0.2, -0.15) is 0 Å². The molecule has 2 aliphatic rings. The molecule has 1 saturated carbocycles. The molecule has 1 N–H and O–H groups in total. The third-order valence-corrected chi connectivity index (χ3v) is 6.66. The smallest absolute Gasteiger partial charge is 0.306 e. The molecule has 110 valence electrons. The van der Waals surface area contributed by atoms with Crippen LogP contribution in [0.3, 0.4) is 0 Å². The molecule has 1 heterocycles. The van der Waals surface area contributed by atoms with Crippen LogP contribution in [0.25, 0.3) is 0 Å². The molecule has 2 rings (SSSR count). The summed E-state index contributed by atoms with van der Waals surface area (Å²) in [7, 11) is -3.05. The minimum absolute atomic E-state index is 0.232. The van der Waals surface area contributed by atoms with Crippen LogP contribution in [0.4, 0.5) is 0 Å². The van der Waals surface area contributed by atoms with Crippen LogP contribution in [-0.4, -0.2) is 55.0 Å². The van der Waals surface area contributed by atoms with E-state index in [-0.39, 0.29) is 16.9 Å². The standard InChI is InChI=1S/C13H23NO4S/c15-13(16)11-3-5-12(6-4-11)19(17,18)10-9-14-7-1-2-8-14/h11-12H,1-10H2,(H,15,16). The molecule has 0 amide bonds. The molecular formula is C13H23NO4S. The summed E-state index contributed by atoms with van der Waals surface area (Å²) in [5.74, 6) is -0.895. The van der Waals surface area contributed by atoms with E-state index in [2.05, 4.69) is 4.90 Å². The van der Waals surface area contributed by atoms with E-state index in [1.54, 1.807) is 0 Å². The Morgan fingerprint density at radius 1 is 1.11 bits per heavy atom. The first-order valence-electron chi connectivity index (χ1n) is 7.16. The zero-order valence-corrected chi connectivity index (χ0v) is 12.1. The van der Waals surface area contributed by atoms with Crippen molar-refractivity contribution in [3.8, 4) is 0 Å². The van der Waals surface area contributed by atoms with Crippen molar-refractivity contribution in [1.82, 2.24) is 4.90 Å². The lowest BCUT2D eigenvalue weighted by molar-refractivity contribution is -0.142. The molecule has 6 heteroatoms. The first-order valence-corrected chi connectivity index (χ1v) is 8.87. The number of hydrogen-bond donors (Lipinski definition) is 1. The summed E-state index contributed by atoms with van der Waals surface area (Å²) in [6.07, 6.45) is 4.37. The van der Waals surface area contributed by atoms with Gasteiger partial charge in [-0.15, -0.1) is 0 Å². The van der Waals surface area contributed by atoms with Crippen LogP contribution in [-0.2, 0) is 14.6 Å². The van der Waals surface area contributed by atoms with Crippen molar-refractivity contribution in [2.24, 2.45) is 5.92 Å². The van der Waals surface area contributed by atoms with Gasteiger partial charge in [0, 0.05) is 6.54 Å². The van der Waals surface area contributed by atoms with Gasteiger partial charge in [-0.1, -0.05) is 0 Å². The van der Waals surface area contributed by atoms with E-state index in [9.17, 15) is 13.2 Å². The van der Waals surface area contributed by atoms with Gasteiger partial charge in [0.1, 0.15) is 0 Å². The fraction of sp³-hybridized carbons (Fsp3) is 0.923. The van der Waals surface area contributed by atoms with Crippen molar-refractivity contribution in [2.45, 2.75) is 43.8 Å². The normalized spacial score (nSPS) is 29.5. The van der Waals surface area contributed by atoms with Gasteiger partial charge in [-0.3, -0.25) is 4.79 Å². The van der Waals surface area contributed by atoms with E-state index in [0.717, 1.165) is 13.1 Å². The number of carbonyl (C=O) groups is 1. The first-order chi connectivity index (χ1) is 8.99. The number of carboxylic acids is 1. The van der Waals surface area contributed by atoms with Crippen molar-refractivity contribution in [2.75, 3.05) is 25.4 Å². The molecule has 1 aliphatic heterocycles.